The van der Waals surface area contributed by atoms with Crippen LogP contribution in [0, 0.1) is 6.92 Å². The molecule has 2 heterocycles. The smallest absolute Gasteiger partial charge is 0.261 e. The Hall–Kier alpha value is -3.35. The second-order valence-corrected chi connectivity index (χ2v) is 5.15. The van der Waals surface area contributed by atoms with E-state index in [1.54, 1.807) is 43.3 Å². The summed E-state index contributed by atoms with van der Waals surface area (Å²) in [5, 5.41) is 9.33. The molecular weight excluding hydrogens is 310 g/mol. The van der Waals surface area contributed by atoms with E-state index in [4.69, 9.17) is 8.94 Å². The third-order valence-corrected chi connectivity index (χ3v) is 3.31. The van der Waals surface area contributed by atoms with Crippen LogP contribution in [0.2, 0.25) is 0 Å². The fraction of sp³-hybridized carbons (Fsp3) is 0.118. The van der Waals surface area contributed by atoms with E-state index in [0.29, 0.717) is 34.2 Å². The molecule has 2 N–H and O–H groups in total. The van der Waals surface area contributed by atoms with Crippen molar-refractivity contribution in [3.63, 3.8) is 0 Å². The van der Waals surface area contributed by atoms with Crippen LogP contribution < -0.4 is 10.6 Å². The summed E-state index contributed by atoms with van der Waals surface area (Å²) in [4.78, 5) is 23.6. The van der Waals surface area contributed by atoms with Crippen molar-refractivity contribution in [2.75, 3.05) is 10.6 Å². The highest BCUT2D eigenvalue weighted by Gasteiger charge is 2.23. The molecule has 3 rings (SSSR count). The number of hydrogen-bond donors (Lipinski definition) is 2. The molecule has 0 aliphatic heterocycles. The van der Waals surface area contributed by atoms with Crippen molar-refractivity contribution < 1.29 is 18.5 Å². The maximum Gasteiger partial charge on any atom is 0.261 e. The minimum atomic E-state index is -0.354. The van der Waals surface area contributed by atoms with Gasteiger partial charge in [0.05, 0.1) is 6.26 Å². The summed E-state index contributed by atoms with van der Waals surface area (Å²) in [5.74, 6) is 0.342. The maximum absolute atomic E-state index is 12.6. The quantitative estimate of drug-likeness (QED) is 0.765. The van der Waals surface area contributed by atoms with E-state index < -0.39 is 0 Å². The lowest BCUT2D eigenvalue weighted by molar-refractivity contribution is -0.114. The largest absolute Gasteiger partial charge is 0.463 e. The number of aryl methyl sites for hydroxylation is 1. The van der Waals surface area contributed by atoms with Crippen molar-refractivity contribution in [1.29, 1.82) is 0 Å². The fourth-order valence-electron chi connectivity index (χ4n) is 2.25. The predicted molar refractivity (Wildman–Crippen MR) is 87.6 cm³/mol. The minimum Gasteiger partial charge on any atom is -0.463 e. The number of aromatic nitrogens is 1. The standard InChI is InChI=1S/C17H15N3O4/c1-10-15(16(20-24-10)14-4-3-9-23-14)17(22)19-13-7-5-12(6-8-13)18-11(2)21/h3-9H,1-2H3,(H,18,21)(H,19,22). The molecule has 0 atom stereocenters. The Kier molecular flexibility index (Phi) is 4.15. The van der Waals surface area contributed by atoms with Gasteiger partial charge in [-0.05, 0) is 43.3 Å². The van der Waals surface area contributed by atoms with Gasteiger partial charge in [-0.15, -0.1) is 0 Å². The summed E-state index contributed by atoms with van der Waals surface area (Å²) in [7, 11) is 0. The molecule has 2 aromatic heterocycles. The van der Waals surface area contributed by atoms with E-state index >= 15 is 0 Å². The molecule has 0 aliphatic carbocycles. The summed E-state index contributed by atoms with van der Waals surface area (Å²) in [5.41, 5.74) is 1.90. The number of anilines is 2. The molecule has 2 amide bonds. The molecule has 0 bridgehead atoms. The Morgan fingerprint density at radius 3 is 2.29 bits per heavy atom. The number of carbonyl (C=O) groups is 2. The average Bonchev–Trinajstić information content (AvgIpc) is 3.17. The number of hydrogen-bond acceptors (Lipinski definition) is 5. The number of amides is 2. The number of rotatable bonds is 4. The third-order valence-electron chi connectivity index (χ3n) is 3.31. The molecule has 1 aromatic carbocycles. The Morgan fingerprint density at radius 2 is 1.71 bits per heavy atom. The Balaban J connectivity index is 1.81. The topological polar surface area (TPSA) is 97.4 Å². The van der Waals surface area contributed by atoms with Crippen LogP contribution in [0.5, 0.6) is 0 Å². The number of nitrogens with one attached hydrogen (secondary N) is 2. The van der Waals surface area contributed by atoms with E-state index in [2.05, 4.69) is 15.8 Å². The van der Waals surface area contributed by atoms with Crippen molar-refractivity contribution in [3.05, 3.63) is 54.0 Å². The molecule has 0 spiro atoms. The van der Waals surface area contributed by atoms with Crippen LogP contribution in [-0.4, -0.2) is 17.0 Å². The molecule has 0 fully saturated rings. The Bertz CT molecular complexity index is 864. The lowest BCUT2D eigenvalue weighted by Gasteiger charge is -2.07. The van der Waals surface area contributed by atoms with Gasteiger partial charge < -0.3 is 19.6 Å². The van der Waals surface area contributed by atoms with Crippen LogP contribution in [0.4, 0.5) is 11.4 Å². The molecule has 0 saturated carbocycles. The van der Waals surface area contributed by atoms with Crippen molar-refractivity contribution >= 4 is 23.2 Å². The summed E-state index contributed by atoms with van der Waals surface area (Å²) >= 11 is 0. The van der Waals surface area contributed by atoms with Crippen molar-refractivity contribution in [2.45, 2.75) is 13.8 Å². The molecule has 122 valence electrons. The van der Waals surface area contributed by atoms with Gasteiger partial charge in [0.25, 0.3) is 5.91 Å². The van der Waals surface area contributed by atoms with Gasteiger partial charge in [-0.2, -0.15) is 0 Å². The zero-order chi connectivity index (χ0) is 17.1. The zero-order valence-corrected chi connectivity index (χ0v) is 13.1. The van der Waals surface area contributed by atoms with E-state index in [9.17, 15) is 9.59 Å². The molecule has 24 heavy (non-hydrogen) atoms. The first kappa shape index (κ1) is 15.5. The number of furan rings is 1. The Labute approximate surface area is 137 Å². The highest BCUT2D eigenvalue weighted by Crippen LogP contribution is 2.26. The second kappa shape index (κ2) is 6.41. The first-order valence-corrected chi connectivity index (χ1v) is 7.24. The highest BCUT2D eigenvalue weighted by atomic mass is 16.5. The van der Waals surface area contributed by atoms with Crippen LogP contribution in [0.15, 0.2) is 51.6 Å². The van der Waals surface area contributed by atoms with Gasteiger partial charge in [-0.3, -0.25) is 9.59 Å². The molecule has 3 aromatic rings. The molecule has 0 aliphatic rings. The highest BCUT2D eigenvalue weighted by molar-refractivity contribution is 6.08. The van der Waals surface area contributed by atoms with Crippen LogP contribution in [0.1, 0.15) is 23.0 Å². The van der Waals surface area contributed by atoms with Crippen molar-refractivity contribution in [1.82, 2.24) is 5.16 Å². The summed E-state index contributed by atoms with van der Waals surface area (Å²) in [6, 6.07) is 10.2. The van der Waals surface area contributed by atoms with E-state index in [1.165, 1.54) is 13.2 Å². The summed E-state index contributed by atoms with van der Waals surface area (Å²) in [6.07, 6.45) is 1.50. The number of carbonyl (C=O) groups excluding carboxylic acids is 2. The van der Waals surface area contributed by atoms with Crippen LogP contribution >= 0.6 is 0 Å². The Morgan fingerprint density at radius 1 is 1.04 bits per heavy atom. The number of benzene rings is 1. The van der Waals surface area contributed by atoms with Gasteiger partial charge >= 0.3 is 0 Å². The van der Waals surface area contributed by atoms with Crippen LogP contribution in [0.3, 0.4) is 0 Å². The SMILES string of the molecule is CC(=O)Nc1ccc(NC(=O)c2c(-c3ccco3)noc2C)cc1. The maximum atomic E-state index is 12.6. The molecule has 7 nitrogen and oxygen atoms in total. The van der Waals surface area contributed by atoms with Gasteiger partial charge in [-0.1, -0.05) is 5.16 Å². The molecular formula is C17H15N3O4. The summed E-state index contributed by atoms with van der Waals surface area (Å²) in [6.45, 7) is 3.09. The summed E-state index contributed by atoms with van der Waals surface area (Å²) < 4.78 is 10.4. The molecule has 0 unspecified atom stereocenters. The second-order valence-electron chi connectivity index (χ2n) is 5.15. The van der Waals surface area contributed by atoms with Gasteiger partial charge in [0.1, 0.15) is 11.3 Å². The fourth-order valence-corrected chi connectivity index (χ4v) is 2.25. The van der Waals surface area contributed by atoms with Gasteiger partial charge in [0, 0.05) is 18.3 Å². The first-order chi connectivity index (χ1) is 11.5. The monoisotopic (exact) mass is 325 g/mol. The van der Waals surface area contributed by atoms with E-state index in [1.807, 2.05) is 0 Å². The van der Waals surface area contributed by atoms with Crippen molar-refractivity contribution in [3.8, 4) is 11.5 Å². The molecule has 0 saturated heterocycles. The average molecular weight is 325 g/mol. The van der Waals surface area contributed by atoms with E-state index in [0.717, 1.165) is 0 Å². The minimum absolute atomic E-state index is 0.157. The molecule has 0 radical (unpaired) electrons. The zero-order valence-electron chi connectivity index (χ0n) is 13.1. The van der Waals surface area contributed by atoms with Crippen molar-refractivity contribution in [2.24, 2.45) is 0 Å². The van der Waals surface area contributed by atoms with Crippen LogP contribution in [0.25, 0.3) is 11.5 Å². The number of nitrogens with zero attached hydrogens (tertiary/aromatic N) is 1. The lowest BCUT2D eigenvalue weighted by Crippen LogP contribution is -2.13. The predicted octanol–water partition coefficient (Wildman–Crippen LogP) is 3.45. The lowest BCUT2D eigenvalue weighted by atomic mass is 10.1. The van der Waals surface area contributed by atoms with E-state index in [-0.39, 0.29) is 11.8 Å². The first-order valence-electron chi connectivity index (χ1n) is 7.24. The van der Waals surface area contributed by atoms with Gasteiger partial charge in [0.15, 0.2) is 11.5 Å². The van der Waals surface area contributed by atoms with Gasteiger partial charge in [0.2, 0.25) is 5.91 Å². The third kappa shape index (κ3) is 3.19. The van der Waals surface area contributed by atoms with Crippen LogP contribution in [-0.2, 0) is 4.79 Å². The normalized spacial score (nSPS) is 10.4. The molecule has 7 heteroatoms. The van der Waals surface area contributed by atoms with Gasteiger partial charge in [-0.25, -0.2) is 0 Å².